The first kappa shape index (κ1) is 23.5. The van der Waals surface area contributed by atoms with Crippen molar-refractivity contribution in [3.8, 4) is 5.82 Å². The van der Waals surface area contributed by atoms with Gasteiger partial charge in [-0.15, -0.1) is 0 Å². The van der Waals surface area contributed by atoms with Crippen LogP contribution in [0.1, 0.15) is 29.1 Å². The molecule has 0 radical (unpaired) electrons. The highest BCUT2D eigenvalue weighted by Gasteiger charge is 2.47. The largest absolute Gasteiger partial charge is 0.501 e. The Hall–Kier alpha value is -3.13. The molecule has 2 aromatic heterocycles. The lowest BCUT2D eigenvalue weighted by atomic mass is 10.2. The lowest BCUT2D eigenvalue weighted by molar-refractivity contribution is -0.0436. The fourth-order valence-electron chi connectivity index (χ4n) is 2.60. The molecule has 1 atom stereocenters. The second-order valence-electron chi connectivity index (χ2n) is 6.31. The Morgan fingerprint density at radius 3 is 2.47 bits per heavy atom. The summed E-state index contributed by atoms with van der Waals surface area (Å²) < 4.78 is 89.8. The van der Waals surface area contributed by atoms with Gasteiger partial charge in [0.15, 0.2) is 17.5 Å². The third kappa shape index (κ3) is 4.55. The van der Waals surface area contributed by atoms with Gasteiger partial charge < -0.3 is 5.32 Å². The molecule has 0 saturated carbocycles. The molecule has 170 valence electrons. The summed E-state index contributed by atoms with van der Waals surface area (Å²) in [6, 6.07) is 1.58. The van der Waals surface area contributed by atoms with Crippen LogP contribution in [0.15, 0.2) is 41.7 Å². The Balaban J connectivity index is 1.91. The summed E-state index contributed by atoms with van der Waals surface area (Å²) in [6.07, 6.45) is 1.75. The fourth-order valence-corrected chi connectivity index (χ4v) is 3.73. The maximum Gasteiger partial charge on any atom is 0.501 e. The van der Waals surface area contributed by atoms with Gasteiger partial charge in [-0.3, -0.25) is 4.79 Å². The average Bonchev–Trinajstić information content (AvgIpc) is 3.16. The molecule has 8 nitrogen and oxygen atoms in total. The quantitative estimate of drug-likeness (QED) is 0.544. The lowest BCUT2D eigenvalue weighted by Gasteiger charge is -2.15. The summed E-state index contributed by atoms with van der Waals surface area (Å²) in [7, 11) is -5.75. The summed E-state index contributed by atoms with van der Waals surface area (Å²) in [6.45, 7) is 1.39. The van der Waals surface area contributed by atoms with E-state index in [1.165, 1.54) is 6.92 Å². The van der Waals surface area contributed by atoms with Crippen LogP contribution in [-0.4, -0.2) is 39.6 Å². The molecule has 0 bridgehead atoms. The first-order chi connectivity index (χ1) is 14.8. The van der Waals surface area contributed by atoms with Crippen molar-refractivity contribution in [2.24, 2.45) is 0 Å². The van der Waals surface area contributed by atoms with Crippen LogP contribution < -0.4 is 5.32 Å². The second-order valence-corrected chi connectivity index (χ2v) is 8.69. The molecule has 0 saturated heterocycles. The van der Waals surface area contributed by atoms with E-state index in [4.69, 9.17) is 11.6 Å². The van der Waals surface area contributed by atoms with Gasteiger partial charge in [-0.1, -0.05) is 11.6 Å². The SMILES string of the molecule is C[C@@H](NC(=O)c1cc(Cl)cc(S(=O)(=O)C(F)(F)F)c1)c1ncnn1-c1ncc(F)cc1F. The van der Waals surface area contributed by atoms with Gasteiger partial charge in [-0.2, -0.15) is 23.0 Å². The number of halogens is 6. The van der Waals surface area contributed by atoms with E-state index in [0.717, 1.165) is 23.3 Å². The molecule has 0 aliphatic heterocycles. The van der Waals surface area contributed by atoms with Gasteiger partial charge in [0, 0.05) is 16.7 Å². The molecule has 1 N–H and O–H groups in total. The van der Waals surface area contributed by atoms with E-state index < -0.39 is 60.2 Å². The predicted molar refractivity (Wildman–Crippen MR) is 99.6 cm³/mol. The van der Waals surface area contributed by atoms with Crippen LogP contribution in [0, 0.1) is 11.6 Å². The Labute approximate surface area is 182 Å². The summed E-state index contributed by atoms with van der Waals surface area (Å²) in [4.78, 5) is 18.8. The van der Waals surface area contributed by atoms with Crippen molar-refractivity contribution in [1.82, 2.24) is 25.1 Å². The van der Waals surface area contributed by atoms with Crippen molar-refractivity contribution in [3.63, 3.8) is 0 Å². The van der Waals surface area contributed by atoms with Gasteiger partial charge in [0.05, 0.1) is 17.1 Å². The molecule has 3 aromatic rings. The van der Waals surface area contributed by atoms with Crippen molar-refractivity contribution in [2.75, 3.05) is 0 Å². The monoisotopic (exact) mass is 495 g/mol. The van der Waals surface area contributed by atoms with Crippen LogP contribution in [0.3, 0.4) is 0 Å². The zero-order valence-electron chi connectivity index (χ0n) is 15.7. The molecule has 0 unspecified atom stereocenters. The van der Waals surface area contributed by atoms with Crippen molar-refractivity contribution in [2.45, 2.75) is 23.4 Å². The molecule has 0 aliphatic rings. The van der Waals surface area contributed by atoms with Crippen molar-refractivity contribution < 1.29 is 35.2 Å². The zero-order valence-corrected chi connectivity index (χ0v) is 17.3. The zero-order chi connectivity index (χ0) is 23.8. The lowest BCUT2D eigenvalue weighted by Crippen LogP contribution is -2.29. The number of benzene rings is 1. The van der Waals surface area contributed by atoms with Crippen molar-refractivity contribution in [1.29, 1.82) is 0 Å². The number of alkyl halides is 3. The molecule has 1 amide bonds. The normalized spacial score (nSPS) is 13.1. The van der Waals surface area contributed by atoms with E-state index in [2.05, 4.69) is 20.4 Å². The standard InChI is InChI=1S/C17H11ClF5N5O3S/c1-8(14-25-7-26-28(14)15-13(20)5-11(19)6-24-15)27-16(29)9-2-10(18)4-12(3-9)32(30,31)17(21,22)23/h2-8H,1H3,(H,27,29)/t8-/m1/s1. The molecule has 0 aliphatic carbocycles. The summed E-state index contributed by atoms with van der Waals surface area (Å²) >= 11 is 5.70. The number of nitrogens with zero attached hydrogens (tertiary/aromatic N) is 4. The van der Waals surface area contributed by atoms with Gasteiger partial charge in [0.25, 0.3) is 15.7 Å². The van der Waals surface area contributed by atoms with Gasteiger partial charge in [-0.25, -0.2) is 27.2 Å². The smallest absolute Gasteiger partial charge is 0.342 e. The van der Waals surface area contributed by atoms with E-state index in [1.54, 1.807) is 0 Å². The third-order valence-corrected chi connectivity index (χ3v) is 5.73. The van der Waals surface area contributed by atoms with E-state index >= 15 is 0 Å². The number of aromatic nitrogens is 4. The number of carbonyl (C=O) groups is 1. The minimum Gasteiger partial charge on any atom is -0.342 e. The number of hydrogen-bond donors (Lipinski definition) is 1. The van der Waals surface area contributed by atoms with Crippen LogP contribution in [-0.2, 0) is 9.84 Å². The Morgan fingerprint density at radius 1 is 1.16 bits per heavy atom. The highest BCUT2D eigenvalue weighted by molar-refractivity contribution is 7.92. The number of nitrogens with one attached hydrogen (secondary N) is 1. The maximum atomic E-state index is 14.0. The van der Waals surface area contributed by atoms with Gasteiger partial charge in [0.2, 0.25) is 0 Å². The van der Waals surface area contributed by atoms with Crippen LogP contribution in [0.4, 0.5) is 22.0 Å². The molecular weight excluding hydrogens is 485 g/mol. The van der Waals surface area contributed by atoms with E-state index in [0.29, 0.717) is 18.2 Å². The summed E-state index contributed by atoms with van der Waals surface area (Å²) in [5.74, 6) is -3.46. The number of amides is 1. The van der Waals surface area contributed by atoms with Crippen molar-refractivity contribution in [3.05, 3.63) is 64.8 Å². The Morgan fingerprint density at radius 2 is 1.84 bits per heavy atom. The fraction of sp³-hybridized carbons (Fsp3) is 0.176. The number of rotatable bonds is 5. The Kier molecular flexibility index (Phi) is 6.20. The molecular formula is C17H11ClF5N5O3S. The van der Waals surface area contributed by atoms with E-state index in [9.17, 15) is 35.2 Å². The van der Waals surface area contributed by atoms with Crippen molar-refractivity contribution >= 4 is 27.3 Å². The molecule has 2 heterocycles. The minimum atomic E-state index is -5.75. The minimum absolute atomic E-state index is 0.0541. The maximum absolute atomic E-state index is 14.0. The van der Waals surface area contributed by atoms with Crippen LogP contribution in [0.2, 0.25) is 5.02 Å². The number of hydrogen-bond acceptors (Lipinski definition) is 6. The van der Waals surface area contributed by atoms with Crippen LogP contribution in [0.5, 0.6) is 0 Å². The highest BCUT2D eigenvalue weighted by Crippen LogP contribution is 2.32. The average molecular weight is 496 g/mol. The molecule has 0 fully saturated rings. The number of carbonyl (C=O) groups excluding carboxylic acids is 1. The molecule has 3 rings (SSSR count). The number of sulfone groups is 1. The molecule has 0 spiro atoms. The first-order valence-corrected chi connectivity index (χ1v) is 10.3. The van der Waals surface area contributed by atoms with E-state index in [-0.39, 0.29) is 5.82 Å². The highest BCUT2D eigenvalue weighted by atomic mass is 35.5. The van der Waals surface area contributed by atoms with Gasteiger partial charge in [-0.05, 0) is 25.1 Å². The molecule has 1 aromatic carbocycles. The van der Waals surface area contributed by atoms with Crippen LogP contribution >= 0.6 is 11.6 Å². The second kappa shape index (κ2) is 8.43. The van der Waals surface area contributed by atoms with Gasteiger partial charge >= 0.3 is 5.51 Å². The third-order valence-electron chi connectivity index (χ3n) is 4.05. The summed E-state index contributed by atoms with van der Waals surface area (Å²) in [5.41, 5.74) is -6.08. The van der Waals surface area contributed by atoms with E-state index in [1.807, 2.05) is 0 Å². The topological polar surface area (TPSA) is 107 Å². The predicted octanol–water partition coefficient (Wildman–Crippen LogP) is 3.38. The number of pyridine rings is 1. The molecule has 15 heteroatoms. The summed E-state index contributed by atoms with van der Waals surface area (Å²) in [5, 5.41) is 5.71. The van der Waals surface area contributed by atoms with Crippen LogP contribution in [0.25, 0.3) is 5.82 Å². The molecule has 32 heavy (non-hydrogen) atoms. The first-order valence-electron chi connectivity index (χ1n) is 8.45. The Bertz CT molecular complexity index is 1300. The van der Waals surface area contributed by atoms with Gasteiger partial charge in [0.1, 0.15) is 12.1 Å².